The number of thiophene rings is 1. The molecule has 0 aliphatic heterocycles. The number of hydrogen-bond donors (Lipinski definition) is 1. The van der Waals surface area contributed by atoms with Gasteiger partial charge in [-0.3, -0.25) is 0 Å². The number of nitrogens with one attached hydrogen (secondary N) is 1. The molecule has 0 bridgehead atoms. The lowest BCUT2D eigenvalue weighted by molar-refractivity contribution is 0.908. The Morgan fingerprint density at radius 3 is 3.22 bits per heavy atom. The number of rotatable bonds is 2. The van der Waals surface area contributed by atoms with Crippen molar-refractivity contribution in [3.05, 3.63) is 22.4 Å². The second-order valence-corrected chi connectivity index (χ2v) is 2.32. The Hall–Kier alpha value is -0.830. The molecule has 1 aromatic heterocycles. The van der Waals surface area contributed by atoms with Gasteiger partial charge < -0.3 is 5.43 Å². The molecule has 48 valence electrons. The molecule has 0 atom stereocenters. The molecular weight excluding hydrogens is 132 g/mol. The molecule has 3 heteroatoms. The summed E-state index contributed by atoms with van der Waals surface area (Å²) >= 11 is 1.67. The summed E-state index contributed by atoms with van der Waals surface area (Å²) in [5, 5.41) is 7.91. The zero-order valence-corrected chi connectivity index (χ0v) is 5.98. The van der Waals surface area contributed by atoms with E-state index in [2.05, 4.69) is 10.5 Å². The van der Waals surface area contributed by atoms with E-state index < -0.39 is 0 Å². The van der Waals surface area contributed by atoms with Crippen LogP contribution in [0.25, 0.3) is 0 Å². The van der Waals surface area contributed by atoms with Crippen molar-refractivity contribution in [1.82, 2.24) is 5.43 Å². The van der Waals surface area contributed by atoms with Gasteiger partial charge in [-0.05, 0) is 16.8 Å². The van der Waals surface area contributed by atoms with Crippen molar-refractivity contribution in [2.24, 2.45) is 5.10 Å². The fourth-order valence-corrected chi connectivity index (χ4v) is 1.10. The molecule has 1 rings (SSSR count). The standard InChI is InChI=1S/C6H8N2S/c1-7-8-4-6-2-3-9-5-6/h2-5,7H,1H3. The largest absolute Gasteiger partial charge is 0.313 e. The first-order valence-corrected chi connectivity index (χ1v) is 3.60. The van der Waals surface area contributed by atoms with Crippen LogP contribution in [-0.4, -0.2) is 13.3 Å². The third kappa shape index (κ3) is 1.85. The molecule has 0 aliphatic carbocycles. The van der Waals surface area contributed by atoms with Crippen LogP contribution >= 0.6 is 11.3 Å². The van der Waals surface area contributed by atoms with Gasteiger partial charge in [-0.25, -0.2) is 0 Å². The Bertz CT molecular complexity index is 179. The van der Waals surface area contributed by atoms with E-state index >= 15 is 0 Å². The molecule has 0 aliphatic rings. The summed E-state index contributed by atoms with van der Waals surface area (Å²) in [6, 6.07) is 2.02. The molecule has 9 heavy (non-hydrogen) atoms. The number of hydrazone groups is 1. The Morgan fingerprint density at radius 1 is 1.78 bits per heavy atom. The fraction of sp³-hybridized carbons (Fsp3) is 0.167. The SMILES string of the molecule is CNN=Cc1ccsc1. The molecule has 0 spiro atoms. The van der Waals surface area contributed by atoms with Crippen LogP contribution in [0.3, 0.4) is 0 Å². The van der Waals surface area contributed by atoms with Crippen molar-refractivity contribution < 1.29 is 0 Å². The maximum atomic E-state index is 3.85. The maximum absolute atomic E-state index is 3.85. The lowest BCUT2D eigenvalue weighted by atomic mass is 10.4. The zero-order valence-electron chi connectivity index (χ0n) is 5.16. The quantitative estimate of drug-likeness (QED) is 0.486. The molecule has 0 amide bonds. The van der Waals surface area contributed by atoms with Gasteiger partial charge in [0.1, 0.15) is 0 Å². The van der Waals surface area contributed by atoms with Gasteiger partial charge in [0.05, 0.1) is 6.21 Å². The third-order valence-corrected chi connectivity index (χ3v) is 1.59. The summed E-state index contributed by atoms with van der Waals surface area (Å²) in [7, 11) is 1.78. The Labute approximate surface area is 58.2 Å². The minimum absolute atomic E-state index is 1.15. The van der Waals surface area contributed by atoms with Crippen molar-refractivity contribution in [3.8, 4) is 0 Å². The van der Waals surface area contributed by atoms with Crippen LogP contribution < -0.4 is 5.43 Å². The predicted octanol–water partition coefficient (Wildman–Crippen LogP) is 1.30. The van der Waals surface area contributed by atoms with Crippen molar-refractivity contribution in [2.75, 3.05) is 7.05 Å². The third-order valence-electron chi connectivity index (χ3n) is 0.886. The maximum Gasteiger partial charge on any atom is 0.0548 e. The predicted molar refractivity (Wildman–Crippen MR) is 41.0 cm³/mol. The molecular formula is C6H8N2S. The highest BCUT2D eigenvalue weighted by atomic mass is 32.1. The second-order valence-electron chi connectivity index (χ2n) is 1.54. The molecule has 1 heterocycles. The second kappa shape index (κ2) is 3.25. The van der Waals surface area contributed by atoms with E-state index in [1.807, 2.05) is 16.8 Å². The number of hydrogen-bond acceptors (Lipinski definition) is 3. The van der Waals surface area contributed by atoms with Crippen LogP contribution in [0.4, 0.5) is 0 Å². The highest BCUT2D eigenvalue weighted by molar-refractivity contribution is 7.08. The summed E-state index contributed by atoms with van der Waals surface area (Å²) in [6.07, 6.45) is 1.79. The molecule has 2 nitrogen and oxygen atoms in total. The van der Waals surface area contributed by atoms with Gasteiger partial charge in [0.25, 0.3) is 0 Å². The lowest BCUT2D eigenvalue weighted by Crippen LogP contribution is -1.93. The lowest BCUT2D eigenvalue weighted by Gasteiger charge is -1.82. The fourth-order valence-electron chi connectivity index (χ4n) is 0.488. The van der Waals surface area contributed by atoms with E-state index in [0.717, 1.165) is 5.56 Å². The van der Waals surface area contributed by atoms with Crippen LogP contribution in [0, 0.1) is 0 Å². The van der Waals surface area contributed by atoms with Crippen LogP contribution in [-0.2, 0) is 0 Å². The van der Waals surface area contributed by atoms with E-state index in [0.29, 0.717) is 0 Å². The van der Waals surface area contributed by atoms with E-state index in [1.165, 1.54) is 0 Å². The van der Waals surface area contributed by atoms with Crippen LogP contribution in [0.15, 0.2) is 21.9 Å². The summed E-state index contributed by atoms with van der Waals surface area (Å²) in [5.74, 6) is 0. The van der Waals surface area contributed by atoms with Gasteiger partial charge in [0.2, 0.25) is 0 Å². The minimum atomic E-state index is 1.15. The van der Waals surface area contributed by atoms with Gasteiger partial charge in [0, 0.05) is 12.6 Å². The Kier molecular flexibility index (Phi) is 2.27. The first-order valence-electron chi connectivity index (χ1n) is 2.65. The molecule has 0 aromatic carbocycles. The molecule has 0 unspecified atom stereocenters. The van der Waals surface area contributed by atoms with Crippen LogP contribution in [0.2, 0.25) is 0 Å². The topological polar surface area (TPSA) is 24.4 Å². The minimum Gasteiger partial charge on any atom is -0.313 e. The van der Waals surface area contributed by atoms with Crippen molar-refractivity contribution >= 4 is 17.6 Å². The molecule has 1 N–H and O–H groups in total. The van der Waals surface area contributed by atoms with Gasteiger partial charge in [-0.1, -0.05) is 0 Å². The summed E-state index contributed by atoms with van der Waals surface area (Å²) in [5.41, 5.74) is 3.83. The zero-order chi connectivity index (χ0) is 6.53. The molecule has 1 aromatic rings. The van der Waals surface area contributed by atoms with Crippen LogP contribution in [0.1, 0.15) is 5.56 Å². The van der Waals surface area contributed by atoms with Gasteiger partial charge >= 0.3 is 0 Å². The summed E-state index contributed by atoms with van der Waals surface area (Å²) in [4.78, 5) is 0. The average molecular weight is 140 g/mol. The normalized spacial score (nSPS) is 10.3. The number of nitrogens with zero attached hydrogens (tertiary/aromatic N) is 1. The van der Waals surface area contributed by atoms with Crippen molar-refractivity contribution in [2.45, 2.75) is 0 Å². The smallest absolute Gasteiger partial charge is 0.0548 e. The molecule has 0 saturated heterocycles. The van der Waals surface area contributed by atoms with Crippen molar-refractivity contribution in [3.63, 3.8) is 0 Å². The summed E-state index contributed by atoms with van der Waals surface area (Å²) in [6.45, 7) is 0. The van der Waals surface area contributed by atoms with E-state index in [4.69, 9.17) is 0 Å². The Morgan fingerprint density at radius 2 is 2.67 bits per heavy atom. The molecule has 0 fully saturated rings. The van der Waals surface area contributed by atoms with Crippen LogP contribution in [0.5, 0.6) is 0 Å². The monoisotopic (exact) mass is 140 g/mol. The molecule has 0 radical (unpaired) electrons. The molecule has 0 saturated carbocycles. The Balaban J connectivity index is 2.57. The van der Waals surface area contributed by atoms with Gasteiger partial charge in [0.15, 0.2) is 0 Å². The average Bonchev–Trinajstić information content (AvgIpc) is 2.34. The van der Waals surface area contributed by atoms with Crippen molar-refractivity contribution in [1.29, 1.82) is 0 Å². The first kappa shape index (κ1) is 6.29. The highest BCUT2D eigenvalue weighted by Gasteiger charge is 1.82. The van der Waals surface area contributed by atoms with E-state index in [9.17, 15) is 0 Å². The van der Waals surface area contributed by atoms with Gasteiger partial charge in [-0.15, -0.1) is 0 Å². The highest BCUT2D eigenvalue weighted by Crippen LogP contribution is 2.01. The van der Waals surface area contributed by atoms with E-state index in [1.54, 1.807) is 24.6 Å². The first-order chi connectivity index (χ1) is 4.43. The summed E-state index contributed by atoms with van der Waals surface area (Å²) < 4.78 is 0. The van der Waals surface area contributed by atoms with Gasteiger partial charge in [-0.2, -0.15) is 16.4 Å². The van der Waals surface area contributed by atoms with E-state index in [-0.39, 0.29) is 0 Å².